The van der Waals surface area contributed by atoms with Crippen LogP contribution < -0.4 is 5.32 Å². The summed E-state index contributed by atoms with van der Waals surface area (Å²) in [6.07, 6.45) is 1.55. The summed E-state index contributed by atoms with van der Waals surface area (Å²) >= 11 is 11.7. The highest BCUT2D eigenvalue weighted by atomic mass is 35.5. The zero-order valence-corrected chi connectivity index (χ0v) is 12.4. The number of nitrogens with one attached hydrogen (secondary N) is 1. The first-order valence-corrected chi connectivity index (χ1v) is 6.81. The van der Waals surface area contributed by atoms with Crippen LogP contribution in [0.25, 0.3) is 0 Å². The van der Waals surface area contributed by atoms with E-state index in [1.165, 1.54) is 0 Å². The van der Waals surface area contributed by atoms with Crippen LogP contribution in [0.2, 0.25) is 10.0 Å². The molecule has 2 aromatic rings. The standard InChI is InChI=1S/C16H13Cl2NO/c1-11(19-15-4-2-3-14(18)10-15)9-16(20)12-5-7-13(17)8-6-12/h2-10,19H,1H3/b11-9+. The van der Waals surface area contributed by atoms with E-state index >= 15 is 0 Å². The van der Waals surface area contributed by atoms with Crippen molar-refractivity contribution in [2.75, 3.05) is 5.32 Å². The van der Waals surface area contributed by atoms with E-state index in [1.807, 2.05) is 19.1 Å². The van der Waals surface area contributed by atoms with Gasteiger partial charge in [-0.3, -0.25) is 4.79 Å². The van der Waals surface area contributed by atoms with E-state index in [1.54, 1.807) is 42.5 Å². The van der Waals surface area contributed by atoms with Gasteiger partial charge in [0.05, 0.1) is 0 Å². The molecule has 0 aromatic heterocycles. The van der Waals surface area contributed by atoms with Crippen LogP contribution in [0.4, 0.5) is 5.69 Å². The molecule has 2 rings (SSSR count). The third kappa shape index (κ3) is 4.12. The number of ketones is 1. The lowest BCUT2D eigenvalue weighted by molar-refractivity contribution is 0.104. The Bertz CT molecular complexity index is 648. The summed E-state index contributed by atoms with van der Waals surface area (Å²) in [5.74, 6) is -0.0753. The van der Waals surface area contributed by atoms with Gasteiger partial charge in [0.15, 0.2) is 5.78 Å². The highest BCUT2D eigenvalue weighted by Gasteiger charge is 2.03. The Morgan fingerprint density at radius 1 is 1.05 bits per heavy atom. The molecule has 0 saturated heterocycles. The molecular weight excluding hydrogens is 293 g/mol. The summed E-state index contributed by atoms with van der Waals surface area (Å²) < 4.78 is 0. The molecule has 0 fully saturated rings. The summed E-state index contributed by atoms with van der Waals surface area (Å²) in [5, 5.41) is 4.38. The van der Waals surface area contributed by atoms with E-state index < -0.39 is 0 Å². The van der Waals surface area contributed by atoms with Crippen LogP contribution in [-0.4, -0.2) is 5.78 Å². The van der Waals surface area contributed by atoms with Crippen LogP contribution in [0.15, 0.2) is 60.3 Å². The normalized spacial score (nSPS) is 11.2. The smallest absolute Gasteiger partial charge is 0.187 e. The van der Waals surface area contributed by atoms with E-state index in [9.17, 15) is 4.79 Å². The number of halogens is 2. The van der Waals surface area contributed by atoms with Gasteiger partial charge in [0.1, 0.15) is 0 Å². The van der Waals surface area contributed by atoms with Gasteiger partial charge in [-0.05, 0) is 49.4 Å². The molecule has 102 valence electrons. The lowest BCUT2D eigenvalue weighted by atomic mass is 10.1. The Balaban J connectivity index is 2.10. The van der Waals surface area contributed by atoms with Gasteiger partial charge in [0, 0.05) is 33.1 Å². The van der Waals surface area contributed by atoms with Gasteiger partial charge in [0.2, 0.25) is 0 Å². The molecule has 0 aliphatic carbocycles. The van der Waals surface area contributed by atoms with E-state index in [-0.39, 0.29) is 5.78 Å². The third-order valence-electron chi connectivity index (χ3n) is 2.64. The average molecular weight is 306 g/mol. The topological polar surface area (TPSA) is 29.1 Å². The van der Waals surface area contributed by atoms with Gasteiger partial charge in [-0.2, -0.15) is 0 Å². The van der Waals surface area contributed by atoms with Gasteiger partial charge in [-0.25, -0.2) is 0 Å². The van der Waals surface area contributed by atoms with E-state index in [4.69, 9.17) is 23.2 Å². The van der Waals surface area contributed by atoms with Crippen molar-refractivity contribution in [3.63, 3.8) is 0 Å². The molecule has 0 aliphatic heterocycles. The second-order valence-electron chi connectivity index (χ2n) is 4.33. The molecule has 0 radical (unpaired) electrons. The fourth-order valence-corrected chi connectivity index (χ4v) is 2.04. The second kappa shape index (κ2) is 6.60. The van der Waals surface area contributed by atoms with Gasteiger partial charge >= 0.3 is 0 Å². The van der Waals surface area contributed by atoms with Crippen molar-refractivity contribution in [1.29, 1.82) is 0 Å². The van der Waals surface area contributed by atoms with Crippen LogP contribution >= 0.6 is 23.2 Å². The van der Waals surface area contributed by atoms with Gasteiger partial charge in [0.25, 0.3) is 0 Å². The van der Waals surface area contributed by atoms with E-state index in [0.717, 1.165) is 11.4 Å². The second-order valence-corrected chi connectivity index (χ2v) is 5.21. The molecule has 0 unspecified atom stereocenters. The zero-order chi connectivity index (χ0) is 14.5. The van der Waals surface area contributed by atoms with Crippen molar-refractivity contribution in [3.05, 3.63) is 75.9 Å². The van der Waals surface area contributed by atoms with Crippen LogP contribution in [0.1, 0.15) is 17.3 Å². The van der Waals surface area contributed by atoms with Crippen molar-refractivity contribution in [3.8, 4) is 0 Å². The fraction of sp³-hybridized carbons (Fsp3) is 0.0625. The first-order valence-electron chi connectivity index (χ1n) is 6.05. The Hall–Kier alpha value is -1.77. The van der Waals surface area contributed by atoms with Crippen LogP contribution in [0.3, 0.4) is 0 Å². The number of benzene rings is 2. The first kappa shape index (κ1) is 14.6. The quantitative estimate of drug-likeness (QED) is 0.622. The molecule has 0 spiro atoms. The van der Waals surface area contributed by atoms with Crippen molar-refractivity contribution in [1.82, 2.24) is 0 Å². The molecule has 4 heteroatoms. The Morgan fingerprint density at radius 2 is 1.75 bits per heavy atom. The van der Waals surface area contributed by atoms with Crippen LogP contribution in [-0.2, 0) is 0 Å². The Labute approximate surface area is 128 Å². The molecular formula is C16H13Cl2NO. The zero-order valence-electron chi connectivity index (χ0n) is 10.9. The number of hydrogen-bond donors (Lipinski definition) is 1. The van der Waals surface area contributed by atoms with Crippen LogP contribution in [0.5, 0.6) is 0 Å². The van der Waals surface area contributed by atoms with Gasteiger partial charge < -0.3 is 5.32 Å². The summed E-state index contributed by atoms with van der Waals surface area (Å²) in [6, 6.07) is 14.1. The van der Waals surface area contributed by atoms with Crippen molar-refractivity contribution in [2.45, 2.75) is 6.92 Å². The molecule has 0 aliphatic rings. The molecule has 0 atom stereocenters. The highest BCUT2D eigenvalue weighted by Crippen LogP contribution is 2.17. The molecule has 0 amide bonds. The summed E-state index contributed by atoms with van der Waals surface area (Å²) in [7, 11) is 0. The van der Waals surface area contributed by atoms with Gasteiger partial charge in [-0.15, -0.1) is 0 Å². The van der Waals surface area contributed by atoms with E-state index in [0.29, 0.717) is 15.6 Å². The largest absolute Gasteiger partial charge is 0.359 e. The lowest BCUT2D eigenvalue weighted by Crippen LogP contribution is -2.01. The predicted octanol–water partition coefficient (Wildman–Crippen LogP) is 5.19. The summed E-state index contributed by atoms with van der Waals surface area (Å²) in [5.41, 5.74) is 2.18. The summed E-state index contributed by atoms with van der Waals surface area (Å²) in [6.45, 7) is 1.83. The number of hydrogen-bond acceptors (Lipinski definition) is 2. The molecule has 0 heterocycles. The molecule has 2 aromatic carbocycles. The fourth-order valence-electron chi connectivity index (χ4n) is 1.72. The van der Waals surface area contributed by atoms with Crippen molar-refractivity contribution < 1.29 is 4.79 Å². The molecule has 20 heavy (non-hydrogen) atoms. The Kier molecular flexibility index (Phi) is 4.83. The molecule has 2 nitrogen and oxygen atoms in total. The number of carbonyl (C=O) groups is 1. The SMILES string of the molecule is C/C(=C\C(=O)c1ccc(Cl)cc1)Nc1cccc(Cl)c1. The number of carbonyl (C=O) groups excluding carboxylic acids is 1. The minimum atomic E-state index is -0.0753. The van der Waals surface area contributed by atoms with Gasteiger partial charge in [-0.1, -0.05) is 29.3 Å². The minimum absolute atomic E-state index is 0.0753. The average Bonchev–Trinajstić information content (AvgIpc) is 2.39. The lowest BCUT2D eigenvalue weighted by Gasteiger charge is -2.06. The monoisotopic (exact) mass is 305 g/mol. The molecule has 0 saturated carbocycles. The highest BCUT2D eigenvalue weighted by molar-refractivity contribution is 6.31. The predicted molar refractivity (Wildman–Crippen MR) is 84.6 cm³/mol. The maximum atomic E-state index is 12.0. The maximum Gasteiger partial charge on any atom is 0.187 e. The number of anilines is 1. The number of rotatable bonds is 4. The van der Waals surface area contributed by atoms with Crippen LogP contribution in [0, 0.1) is 0 Å². The first-order chi connectivity index (χ1) is 9.54. The molecule has 0 bridgehead atoms. The van der Waals surface area contributed by atoms with E-state index in [2.05, 4.69) is 5.32 Å². The molecule has 1 N–H and O–H groups in total. The van der Waals surface area contributed by atoms with Crippen molar-refractivity contribution in [2.24, 2.45) is 0 Å². The number of allylic oxidation sites excluding steroid dienone is 2. The third-order valence-corrected chi connectivity index (χ3v) is 3.13. The Morgan fingerprint density at radius 3 is 2.40 bits per heavy atom. The summed E-state index contributed by atoms with van der Waals surface area (Å²) in [4.78, 5) is 12.0. The van der Waals surface area contributed by atoms with Crippen molar-refractivity contribution >= 4 is 34.7 Å². The minimum Gasteiger partial charge on any atom is -0.359 e. The maximum absolute atomic E-state index is 12.0.